The van der Waals surface area contributed by atoms with E-state index in [1.54, 1.807) is 12.1 Å². The van der Waals surface area contributed by atoms with Gasteiger partial charge in [-0.3, -0.25) is 0 Å². The van der Waals surface area contributed by atoms with Gasteiger partial charge >= 0.3 is 0 Å². The van der Waals surface area contributed by atoms with Crippen LogP contribution in [0.15, 0.2) is 22.7 Å². The Labute approximate surface area is 134 Å². The second kappa shape index (κ2) is 5.22. The van der Waals surface area contributed by atoms with Gasteiger partial charge in [-0.25, -0.2) is 0 Å². The smallest absolute Gasteiger partial charge is 0.230 e. The molecule has 0 radical (unpaired) electrons. The molecule has 0 bridgehead atoms. The van der Waals surface area contributed by atoms with E-state index in [4.69, 9.17) is 33.5 Å². The van der Waals surface area contributed by atoms with Gasteiger partial charge in [-0.1, -0.05) is 54.7 Å². The van der Waals surface area contributed by atoms with Crippen LogP contribution in [0.4, 0.5) is 5.88 Å². The first-order valence-electron chi connectivity index (χ1n) is 7.10. The van der Waals surface area contributed by atoms with Crippen LogP contribution in [0.5, 0.6) is 0 Å². The van der Waals surface area contributed by atoms with Gasteiger partial charge in [-0.05, 0) is 30.4 Å². The van der Waals surface area contributed by atoms with Gasteiger partial charge in [0.05, 0.1) is 16.3 Å². The van der Waals surface area contributed by atoms with Gasteiger partial charge < -0.3 is 10.3 Å². The van der Waals surface area contributed by atoms with Crippen LogP contribution in [0.2, 0.25) is 10.0 Å². The first-order chi connectivity index (χ1) is 9.90. The fraction of sp³-hybridized carbons (Fsp3) is 0.438. The molecule has 1 saturated carbocycles. The van der Waals surface area contributed by atoms with Crippen molar-refractivity contribution in [3.8, 4) is 11.1 Å². The maximum absolute atomic E-state index is 6.33. The lowest BCUT2D eigenvalue weighted by Gasteiger charge is -2.26. The zero-order chi connectivity index (χ0) is 15.2. The summed E-state index contributed by atoms with van der Waals surface area (Å²) in [5.41, 5.74) is 8.77. The summed E-state index contributed by atoms with van der Waals surface area (Å²) in [6, 6.07) is 5.40. The van der Waals surface area contributed by atoms with Crippen molar-refractivity contribution < 1.29 is 4.52 Å². The molecular formula is C16H18Cl2N2O. The average Bonchev–Trinajstić information content (AvgIpc) is 2.92. The lowest BCUT2D eigenvalue weighted by molar-refractivity contribution is 0.314. The first-order valence-corrected chi connectivity index (χ1v) is 7.86. The zero-order valence-electron chi connectivity index (χ0n) is 12.1. The number of halogens is 2. The Morgan fingerprint density at radius 3 is 2.71 bits per heavy atom. The maximum Gasteiger partial charge on any atom is 0.230 e. The second-order valence-electron chi connectivity index (χ2n) is 6.36. The molecule has 3 nitrogen and oxygen atoms in total. The van der Waals surface area contributed by atoms with Crippen molar-refractivity contribution in [2.75, 3.05) is 5.73 Å². The summed E-state index contributed by atoms with van der Waals surface area (Å²) in [4.78, 5) is 0. The molecule has 0 amide bonds. The minimum atomic E-state index is 0.191. The number of nitrogens with two attached hydrogens (primary N) is 1. The minimum absolute atomic E-state index is 0.191. The van der Waals surface area contributed by atoms with Crippen molar-refractivity contribution in [2.24, 2.45) is 5.41 Å². The Bertz CT molecular complexity index is 679. The van der Waals surface area contributed by atoms with Crippen LogP contribution in [0.1, 0.15) is 44.7 Å². The molecule has 1 aliphatic rings. The van der Waals surface area contributed by atoms with E-state index in [0.29, 0.717) is 21.8 Å². The number of rotatable bonds is 2. The van der Waals surface area contributed by atoms with E-state index in [1.165, 1.54) is 12.8 Å². The number of nitrogens with zero attached hydrogens (tertiary/aromatic N) is 1. The van der Waals surface area contributed by atoms with Crippen molar-refractivity contribution in [1.29, 1.82) is 0 Å². The van der Waals surface area contributed by atoms with Gasteiger partial charge in [0.1, 0.15) is 0 Å². The molecule has 1 aromatic heterocycles. The normalized spacial score (nSPS) is 20.9. The Balaban J connectivity index is 2.13. The maximum atomic E-state index is 6.33. The lowest BCUT2D eigenvalue weighted by atomic mass is 9.78. The quantitative estimate of drug-likeness (QED) is 0.790. The third-order valence-corrected chi connectivity index (χ3v) is 5.08. The molecule has 1 heterocycles. The SMILES string of the molecule is CC1(C)CCCC1c1noc(N)c1-c1ccc(Cl)cc1Cl. The van der Waals surface area contributed by atoms with Gasteiger partial charge in [-0.2, -0.15) is 0 Å². The van der Waals surface area contributed by atoms with Crippen molar-refractivity contribution in [3.05, 3.63) is 33.9 Å². The van der Waals surface area contributed by atoms with Crippen LogP contribution in [0.25, 0.3) is 11.1 Å². The minimum Gasteiger partial charge on any atom is -0.367 e. The molecule has 112 valence electrons. The fourth-order valence-corrected chi connectivity index (χ4v) is 3.85. The van der Waals surface area contributed by atoms with Crippen LogP contribution in [0.3, 0.4) is 0 Å². The van der Waals surface area contributed by atoms with Crippen molar-refractivity contribution in [2.45, 2.75) is 39.0 Å². The lowest BCUT2D eigenvalue weighted by Crippen LogP contribution is -2.16. The summed E-state index contributed by atoms with van der Waals surface area (Å²) >= 11 is 12.3. The van der Waals surface area contributed by atoms with E-state index in [0.717, 1.165) is 23.2 Å². The molecule has 5 heteroatoms. The van der Waals surface area contributed by atoms with Crippen LogP contribution < -0.4 is 5.73 Å². The van der Waals surface area contributed by atoms with Gasteiger partial charge in [0.2, 0.25) is 5.88 Å². The Hall–Kier alpha value is -1.19. The number of anilines is 1. The molecule has 1 unspecified atom stereocenters. The summed E-state index contributed by atoms with van der Waals surface area (Å²) in [6.45, 7) is 4.53. The summed E-state index contributed by atoms with van der Waals surface area (Å²) in [7, 11) is 0. The van der Waals surface area contributed by atoms with E-state index in [-0.39, 0.29) is 5.41 Å². The molecule has 1 aliphatic carbocycles. The van der Waals surface area contributed by atoms with Crippen molar-refractivity contribution in [3.63, 3.8) is 0 Å². The monoisotopic (exact) mass is 324 g/mol. The second-order valence-corrected chi connectivity index (χ2v) is 7.21. The molecule has 2 N–H and O–H groups in total. The molecular weight excluding hydrogens is 307 g/mol. The molecule has 1 aromatic carbocycles. The van der Waals surface area contributed by atoms with Crippen molar-refractivity contribution >= 4 is 29.1 Å². The van der Waals surface area contributed by atoms with E-state index in [1.807, 2.05) is 6.07 Å². The van der Waals surface area contributed by atoms with Gasteiger partial charge in [-0.15, -0.1) is 0 Å². The first kappa shape index (κ1) is 14.7. The largest absolute Gasteiger partial charge is 0.367 e. The number of hydrogen-bond acceptors (Lipinski definition) is 3. The standard InChI is InChI=1S/C16H18Cl2N2O/c1-16(2)7-3-4-11(16)14-13(15(19)21-20-14)10-6-5-9(17)8-12(10)18/h5-6,8,11H,3-4,7,19H2,1-2H3. The van der Waals surface area contributed by atoms with E-state index in [9.17, 15) is 0 Å². The van der Waals surface area contributed by atoms with Gasteiger partial charge in [0.15, 0.2) is 0 Å². The van der Waals surface area contributed by atoms with E-state index >= 15 is 0 Å². The van der Waals surface area contributed by atoms with Crippen LogP contribution in [-0.4, -0.2) is 5.16 Å². The topological polar surface area (TPSA) is 52.0 Å². The summed E-state index contributed by atoms with van der Waals surface area (Å²) in [6.07, 6.45) is 3.47. The molecule has 3 rings (SSSR count). The molecule has 1 atom stereocenters. The molecule has 21 heavy (non-hydrogen) atoms. The Morgan fingerprint density at radius 1 is 1.33 bits per heavy atom. The highest BCUT2D eigenvalue weighted by atomic mass is 35.5. The molecule has 0 spiro atoms. The van der Waals surface area contributed by atoms with E-state index in [2.05, 4.69) is 19.0 Å². The summed E-state index contributed by atoms with van der Waals surface area (Å²) in [5.74, 6) is 0.650. The van der Waals surface area contributed by atoms with Crippen molar-refractivity contribution in [1.82, 2.24) is 5.16 Å². The van der Waals surface area contributed by atoms with Gasteiger partial charge in [0.25, 0.3) is 0 Å². The molecule has 0 aliphatic heterocycles. The molecule has 1 fully saturated rings. The number of aromatic nitrogens is 1. The van der Waals surface area contributed by atoms with Gasteiger partial charge in [0, 0.05) is 16.5 Å². The van der Waals surface area contributed by atoms with Crippen LogP contribution >= 0.6 is 23.2 Å². The highest BCUT2D eigenvalue weighted by Crippen LogP contribution is 2.52. The third kappa shape index (κ3) is 2.53. The third-order valence-electron chi connectivity index (χ3n) is 4.53. The van der Waals surface area contributed by atoms with Crippen LogP contribution in [0, 0.1) is 5.41 Å². The van der Waals surface area contributed by atoms with Crippen LogP contribution in [-0.2, 0) is 0 Å². The summed E-state index contributed by atoms with van der Waals surface area (Å²) < 4.78 is 5.28. The number of hydrogen-bond donors (Lipinski definition) is 1. The van der Waals surface area contributed by atoms with E-state index < -0.39 is 0 Å². The molecule has 0 saturated heterocycles. The highest BCUT2D eigenvalue weighted by molar-refractivity contribution is 6.36. The highest BCUT2D eigenvalue weighted by Gasteiger charge is 2.39. The summed E-state index contributed by atoms with van der Waals surface area (Å²) in [5, 5.41) is 5.40. The molecule has 2 aromatic rings. The fourth-order valence-electron chi connectivity index (χ4n) is 3.35. The Morgan fingerprint density at radius 2 is 2.10 bits per heavy atom. The predicted molar refractivity (Wildman–Crippen MR) is 86.7 cm³/mol. The number of benzene rings is 1. The average molecular weight is 325 g/mol. The number of nitrogen functional groups attached to an aromatic ring is 1. The Kier molecular flexibility index (Phi) is 3.66. The zero-order valence-corrected chi connectivity index (χ0v) is 13.6. The predicted octanol–water partition coefficient (Wildman–Crippen LogP) is 5.52.